The number of pyridine rings is 1. The van der Waals surface area contributed by atoms with Gasteiger partial charge in [-0.1, -0.05) is 11.6 Å². The fraction of sp³-hybridized carbons (Fsp3) is 0.571. The Labute approximate surface area is 123 Å². The zero-order chi connectivity index (χ0) is 14.7. The molecule has 0 saturated carbocycles. The third-order valence-electron chi connectivity index (χ3n) is 3.18. The molecule has 0 N–H and O–H groups in total. The Morgan fingerprint density at radius 3 is 2.80 bits per heavy atom. The minimum Gasteiger partial charge on any atom is -0.380 e. The number of aromatic nitrogens is 3. The first-order valence-electron chi connectivity index (χ1n) is 6.69. The van der Waals surface area contributed by atoms with E-state index < -0.39 is 0 Å². The van der Waals surface area contributed by atoms with Crippen molar-refractivity contribution in [3.05, 3.63) is 22.7 Å². The number of fused-ring (bicyclic) bond motifs is 1. The van der Waals surface area contributed by atoms with Crippen LogP contribution in [0.3, 0.4) is 0 Å². The van der Waals surface area contributed by atoms with Crippen LogP contribution in [0, 0.1) is 6.92 Å². The van der Waals surface area contributed by atoms with E-state index in [1.807, 2.05) is 26.8 Å². The summed E-state index contributed by atoms with van der Waals surface area (Å²) in [6.45, 7) is 7.71. The molecule has 1 atom stereocenters. The van der Waals surface area contributed by atoms with Gasteiger partial charge >= 0.3 is 0 Å². The van der Waals surface area contributed by atoms with Crippen LogP contribution in [0.4, 0.5) is 0 Å². The normalized spacial score (nSPS) is 13.1. The summed E-state index contributed by atoms with van der Waals surface area (Å²) in [5.41, 5.74) is 2.56. The quantitative estimate of drug-likeness (QED) is 0.769. The molecule has 110 valence electrons. The van der Waals surface area contributed by atoms with Crippen molar-refractivity contribution in [1.29, 1.82) is 0 Å². The maximum Gasteiger partial charge on any atom is 0.157 e. The number of nitrogens with zero attached hydrogens (tertiary/aromatic N) is 3. The topological polar surface area (TPSA) is 49.2 Å². The lowest BCUT2D eigenvalue weighted by Crippen LogP contribution is -2.17. The Kier molecular flexibility index (Phi) is 4.96. The Morgan fingerprint density at radius 2 is 2.15 bits per heavy atom. The van der Waals surface area contributed by atoms with Crippen LogP contribution in [0.2, 0.25) is 5.15 Å². The Bertz CT molecular complexity index is 598. The molecule has 6 heteroatoms. The highest BCUT2D eigenvalue weighted by Crippen LogP contribution is 2.24. The van der Waals surface area contributed by atoms with E-state index in [0.29, 0.717) is 24.9 Å². The molecule has 2 heterocycles. The number of imidazole rings is 1. The molecular formula is C14H20ClN3O2. The van der Waals surface area contributed by atoms with Gasteiger partial charge in [-0.2, -0.15) is 0 Å². The number of hydrogen-bond acceptors (Lipinski definition) is 4. The minimum atomic E-state index is 0.0834. The third-order valence-corrected chi connectivity index (χ3v) is 3.44. The number of methoxy groups -OCH3 is 1. The predicted octanol–water partition coefficient (Wildman–Crippen LogP) is 2.96. The number of aryl methyl sites for hydroxylation is 1. The van der Waals surface area contributed by atoms with E-state index in [4.69, 9.17) is 21.1 Å². The standard InChI is InChI=1S/C14H20ClN3O2/c1-5-20-8-12-17-13-11(6-9(2)16-14(13)15)18(12)7-10(3)19-4/h6,10H,5,7-8H2,1-4H3. The van der Waals surface area contributed by atoms with Crippen molar-refractivity contribution in [2.75, 3.05) is 13.7 Å². The summed E-state index contributed by atoms with van der Waals surface area (Å²) in [5, 5.41) is 0.432. The molecule has 0 fully saturated rings. The van der Waals surface area contributed by atoms with Crippen LogP contribution in [0.15, 0.2) is 6.07 Å². The zero-order valence-electron chi connectivity index (χ0n) is 12.3. The van der Waals surface area contributed by atoms with Gasteiger partial charge in [0, 0.05) is 19.4 Å². The predicted molar refractivity (Wildman–Crippen MR) is 79.1 cm³/mol. The van der Waals surface area contributed by atoms with Crippen molar-refractivity contribution >= 4 is 22.6 Å². The molecule has 2 aromatic heterocycles. The summed E-state index contributed by atoms with van der Waals surface area (Å²) in [6.07, 6.45) is 0.0834. The molecule has 0 saturated heterocycles. The first kappa shape index (κ1) is 15.2. The third kappa shape index (κ3) is 3.11. The van der Waals surface area contributed by atoms with Gasteiger partial charge in [0.05, 0.1) is 18.2 Å². The maximum atomic E-state index is 6.19. The van der Waals surface area contributed by atoms with Gasteiger partial charge in [-0.3, -0.25) is 0 Å². The van der Waals surface area contributed by atoms with E-state index in [1.165, 1.54) is 0 Å². The Morgan fingerprint density at radius 1 is 1.40 bits per heavy atom. The van der Waals surface area contributed by atoms with Crippen LogP contribution in [-0.2, 0) is 22.6 Å². The summed E-state index contributed by atoms with van der Waals surface area (Å²) in [6, 6.07) is 1.99. The summed E-state index contributed by atoms with van der Waals surface area (Å²) >= 11 is 6.19. The van der Waals surface area contributed by atoms with Gasteiger partial charge in [-0.25, -0.2) is 9.97 Å². The van der Waals surface area contributed by atoms with Crippen LogP contribution < -0.4 is 0 Å². The molecule has 2 aromatic rings. The fourth-order valence-electron chi connectivity index (χ4n) is 2.09. The van der Waals surface area contributed by atoms with Crippen LogP contribution in [0.1, 0.15) is 25.4 Å². The molecule has 0 aliphatic carbocycles. The number of hydrogen-bond donors (Lipinski definition) is 0. The van der Waals surface area contributed by atoms with Gasteiger partial charge in [0.25, 0.3) is 0 Å². The van der Waals surface area contributed by atoms with Gasteiger partial charge in [0.15, 0.2) is 5.15 Å². The van der Waals surface area contributed by atoms with Crippen LogP contribution in [0.25, 0.3) is 11.0 Å². The van der Waals surface area contributed by atoms with E-state index in [0.717, 1.165) is 22.6 Å². The first-order valence-corrected chi connectivity index (χ1v) is 7.07. The van der Waals surface area contributed by atoms with Crippen molar-refractivity contribution < 1.29 is 9.47 Å². The van der Waals surface area contributed by atoms with Gasteiger partial charge in [0.1, 0.15) is 17.9 Å². The van der Waals surface area contributed by atoms with Gasteiger partial charge < -0.3 is 14.0 Å². The SMILES string of the molecule is CCOCc1nc2c(Cl)nc(C)cc2n1CC(C)OC. The molecule has 0 aliphatic rings. The molecule has 2 rings (SSSR count). The number of halogens is 1. The number of rotatable bonds is 6. The lowest BCUT2D eigenvalue weighted by Gasteiger charge is -2.14. The summed E-state index contributed by atoms with van der Waals surface area (Å²) in [5.74, 6) is 0.847. The lowest BCUT2D eigenvalue weighted by molar-refractivity contribution is 0.0959. The molecule has 20 heavy (non-hydrogen) atoms. The molecule has 0 spiro atoms. The average molecular weight is 298 g/mol. The highest BCUT2D eigenvalue weighted by Gasteiger charge is 2.16. The summed E-state index contributed by atoms with van der Waals surface area (Å²) < 4.78 is 12.9. The minimum absolute atomic E-state index is 0.0834. The van der Waals surface area contributed by atoms with Crippen molar-refractivity contribution in [2.24, 2.45) is 0 Å². The summed E-state index contributed by atoms with van der Waals surface area (Å²) in [7, 11) is 1.70. The van der Waals surface area contributed by atoms with E-state index in [9.17, 15) is 0 Å². The second kappa shape index (κ2) is 6.52. The fourth-order valence-corrected chi connectivity index (χ4v) is 2.36. The summed E-state index contributed by atoms with van der Waals surface area (Å²) in [4.78, 5) is 8.82. The monoisotopic (exact) mass is 297 g/mol. The van der Waals surface area contributed by atoms with Gasteiger partial charge in [-0.15, -0.1) is 0 Å². The zero-order valence-corrected chi connectivity index (χ0v) is 13.1. The van der Waals surface area contributed by atoms with Gasteiger partial charge in [-0.05, 0) is 26.8 Å². The maximum absolute atomic E-state index is 6.19. The van der Waals surface area contributed by atoms with Crippen molar-refractivity contribution in [3.63, 3.8) is 0 Å². The van der Waals surface area contributed by atoms with Crippen LogP contribution >= 0.6 is 11.6 Å². The van der Waals surface area contributed by atoms with E-state index >= 15 is 0 Å². The average Bonchev–Trinajstić information content (AvgIpc) is 2.75. The van der Waals surface area contributed by atoms with E-state index in [1.54, 1.807) is 7.11 Å². The van der Waals surface area contributed by atoms with Crippen molar-refractivity contribution in [3.8, 4) is 0 Å². The second-order valence-electron chi connectivity index (χ2n) is 4.74. The molecule has 0 amide bonds. The van der Waals surface area contributed by atoms with Crippen LogP contribution in [-0.4, -0.2) is 34.4 Å². The number of ether oxygens (including phenoxy) is 2. The highest BCUT2D eigenvalue weighted by atomic mass is 35.5. The van der Waals surface area contributed by atoms with Crippen LogP contribution in [0.5, 0.6) is 0 Å². The Balaban J connectivity index is 2.52. The molecule has 0 bridgehead atoms. The lowest BCUT2D eigenvalue weighted by atomic mass is 10.3. The Hall–Kier alpha value is -1.17. The molecule has 0 radical (unpaired) electrons. The smallest absolute Gasteiger partial charge is 0.157 e. The molecule has 0 aromatic carbocycles. The molecule has 0 aliphatic heterocycles. The van der Waals surface area contributed by atoms with E-state index in [2.05, 4.69) is 14.5 Å². The van der Waals surface area contributed by atoms with Gasteiger partial charge in [0.2, 0.25) is 0 Å². The largest absolute Gasteiger partial charge is 0.380 e. The highest BCUT2D eigenvalue weighted by molar-refractivity contribution is 6.33. The van der Waals surface area contributed by atoms with Crippen molar-refractivity contribution in [2.45, 2.75) is 40.0 Å². The molecular weight excluding hydrogens is 278 g/mol. The molecule has 5 nitrogen and oxygen atoms in total. The second-order valence-corrected chi connectivity index (χ2v) is 5.10. The van der Waals surface area contributed by atoms with E-state index in [-0.39, 0.29) is 6.10 Å². The molecule has 1 unspecified atom stereocenters. The first-order chi connectivity index (χ1) is 9.56. The van der Waals surface area contributed by atoms with Crippen molar-refractivity contribution in [1.82, 2.24) is 14.5 Å².